The van der Waals surface area contributed by atoms with E-state index in [9.17, 15) is 0 Å². The molecule has 0 amide bonds. The van der Waals surface area contributed by atoms with Gasteiger partial charge in [-0.2, -0.15) is 4.98 Å². The Bertz CT molecular complexity index is 1000. The lowest BCUT2D eigenvalue weighted by atomic mass is 10.1. The average Bonchev–Trinajstić information content (AvgIpc) is 3.30. The summed E-state index contributed by atoms with van der Waals surface area (Å²) in [4.78, 5) is 22.1. The fraction of sp³-hybridized carbons (Fsp3) is 0.409. The third-order valence-electron chi connectivity index (χ3n) is 5.19. The molecule has 1 aromatic carbocycles. The molecular weight excluding hydrogens is 519 g/mol. The molecule has 0 radical (unpaired) electrons. The van der Waals surface area contributed by atoms with Crippen molar-refractivity contribution in [3.8, 4) is 11.5 Å². The van der Waals surface area contributed by atoms with Crippen LogP contribution in [0.25, 0.3) is 11.5 Å². The lowest BCUT2D eigenvalue weighted by molar-refractivity contribution is 0.370. The van der Waals surface area contributed by atoms with Gasteiger partial charge < -0.3 is 19.6 Å². The summed E-state index contributed by atoms with van der Waals surface area (Å²) in [5.41, 5.74) is 2.06. The second-order valence-electron chi connectivity index (χ2n) is 7.39. The van der Waals surface area contributed by atoms with Gasteiger partial charge in [-0.3, -0.25) is 4.99 Å². The molecule has 4 rings (SSSR count). The Kier molecular flexibility index (Phi) is 8.77. The van der Waals surface area contributed by atoms with E-state index < -0.39 is 0 Å². The first-order chi connectivity index (χ1) is 15.3. The van der Waals surface area contributed by atoms with Crippen molar-refractivity contribution in [1.82, 2.24) is 30.3 Å². The van der Waals surface area contributed by atoms with E-state index in [0.717, 1.165) is 67.9 Å². The molecule has 170 valence electrons. The molecule has 3 heterocycles. The molecular formula is C22H29IN8O. The quantitative estimate of drug-likeness (QED) is 0.286. The second kappa shape index (κ2) is 11.7. The summed E-state index contributed by atoms with van der Waals surface area (Å²) in [6.07, 6.45) is 5.38. The molecule has 0 aliphatic carbocycles. The predicted octanol–water partition coefficient (Wildman–Crippen LogP) is 2.99. The first-order valence-electron chi connectivity index (χ1n) is 10.7. The summed E-state index contributed by atoms with van der Waals surface area (Å²) >= 11 is 0. The van der Waals surface area contributed by atoms with Crippen molar-refractivity contribution < 1.29 is 4.52 Å². The van der Waals surface area contributed by atoms with Gasteiger partial charge in [-0.25, -0.2) is 9.97 Å². The van der Waals surface area contributed by atoms with E-state index in [0.29, 0.717) is 12.4 Å². The van der Waals surface area contributed by atoms with E-state index in [4.69, 9.17) is 4.52 Å². The molecule has 0 bridgehead atoms. The highest BCUT2D eigenvalue weighted by molar-refractivity contribution is 14.0. The summed E-state index contributed by atoms with van der Waals surface area (Å²) in [7, 11) is 1.82. The van der Waals surface area contributed by atoms with Crippen molar-refractivity contribution in [2.24, 2.45) is 4.99 Å². The second-order valence-corrected chi connectivity index (χ2v) is 7.39. The number of hydrogen-bond donors (Lipinski definition) is 1. The standard InChI is InChI=1S/C22H28N8O.HI/c1-3-6-19-27-20(31-28-19)18-8-4-7-17(15-18)16-26-21(23-2)29-11-13-30(14-12-29)22-24-9-5-10-25-22;/h4-5,7-10,15H,3,6,11-14,16H2,1-2H3,(H,23,26);1H. The number of guanidine groups is 1. The van der Waals surface area contributed by atoms with Gasteiger partial charge in [0.1, 0.15) is 0 Å². The molecule has 1 N–H and O–H groups in total. The first-order valence-corrected chi connectivity index (χ1v) is 10.7. The Morgan fingerprint density at radius 2 is 1.91 bits per heavy atom. The van der Waals surface area contributed by atoms with Crippen LogP contribution in [-0.2, 0) is 13.0 Å². The monoisotopic (exact) mass is 548 g/mol. The fourth-order valence-corrected chi connectivity index (χ4v) is 3.60. The summed E-state index contributed by atoms with van der Waals surface area (Å²) in [5, 5.41) is 7.52. The molecule has 3 aromatic rings. The van der Waals surface area contributed by atoms with E-state index in [2.05, 4.69) is 59.3 Å². The smallest absolute Gasteiger partial charge is 0.257 e. The zero-order valence-corrected chi connectivity index (χ0v) is 20.8. The van der Waals surface area contributed by atoms with Gasteiger partial charge in [-0.1, -0.05) is 24.2 Å². The number of nitrogens with zero attached hydrogens (tertiary/aromatic N) is 7. The molecule has 0 saturated carbocycles. The maximum atomic E-state index is 5.42. The van der Waals surface area contributed by atoms with E-state index >= 15 is 0 Å². The minimum Gasteiger partial charge on any atom is -0.352 e. The van der Waals surface area contributed by atoms with Crippen molar-refractivity contribution in [2.45, 2.75) is 26.3 Å². The topological polar surface area (TPSA) is 95.6 Å². The number of rotatable bonds is 6. The van der Waals surface area contributed by atoms with Crippen LogP contribution in [0.2, 0.25) is 0 Å². The Labute approximate surface area is 205 Å². The maximum Gasteiger partial charge on any atom is 0.257 e. The van der Waals surface area contributed by atoms with Crippen LogP contribution in [0.1, 0.15) is 24.7 Å². The van der Waals surface area contributed by atoms with Crippen LogP contribution < -0.4 is 10.2 Å². The van der Waals surface area contributed by atoms with E-state index in [1.165, 1.54) is 0 Å². The van der Waals surface area contributed by atoms with Crippen LogP contribution in [0.5, 0.6) is 0 Å². The van der Waals surface area contributed by atoms with Crippen LogP contribution in [0.4, 0.5) is 5.95 Å². The molecule has 0 unspecified atom stereocenters. The van der Waals surface area contributed by atoms with Crippen LogP contribution in [-0.4, -0.2) is 64.2 Å². The van der Waals surface area contributed by atoms with Crippen molar-refractivity contribution in [1.29, 1.82) is 0 Å². The molecule has 10 heteroatoms. The van der Waals surface area contributed by atoms with Crippen LogP contribution in [0, 0.1) is 0 Å². The van der Waals surface area contributed by atoms with Crippen molar-refractivity contribution in [3.05, 3.63) is 54.1 Å². The normalized spacial score (nSPS) is 14.2. The number of aliphatic imine (C=N–C) groups is 1. The Morgan fingerprint density at radius 3 is 2.62 bits per heavy atom. The summed E-state index contributed by atoms with van der Waals surface area (Å²) in [6, 6.07) is 10.00. The molecule has 1 fully saturated rings. The van der Waals surface area contributed by atoms with E-state index in [1.807, 2.05) is 25.2 Å². The Balaban J connectivity index is 0.00000289. The van der Waals surface area contributed by atoms with E-state index in [1.54, 1.807) is 12.4 Å². The van der Waals surface area contributed by atoms with Crippen LogP contribution in [0.3, 0.4) is 0 Å². The van der Waals surface area contributed by atoms with Gasteiger partial charge in [-0.05, 0) is 30.2 Å². The van der Waals surface area contributed by atoms with Gasteiger partial charge in [0.2, 0.25) is 5.95 Å². The highest BCUT2D eigenvalue weighted by Crippen LogP contribution is 2.19. The van der Waals surface area contributed by atoms with E-state index in [-0.39, 0.29) is 24.0 Å². The van der Waals surface area contributed by atoms with Gasteiger partial charge >= 0.3 is 0 Å². The number of benzene rings is 1. The highest BCUT2D eigenvalue weighted by atomic mass is 127. The summed E-state index contributed by atoms with van der Waals surface area (Å²) < 4.78 is 5.42. The molecule has 1 saturated heterocycles. The van der Waals surface area contributed by atoms with Gasteiger partial charge in [0.25, 0.3) is 5.89 Å². The predicted molar refractivity (Wildman–Crippen MR) is 135 cm³/mol. The molecule has 1 aliphatic rings. The summed E-state index contributed by atoms with van der Waals surface area (Å²) in [5.74, 6) is 2.99. The molecule has 0 spiro atoms. The SMILES string of the molecule is CCCc1noc(-c2cccc(CNC(=NC)N3CCN(c4ncccn4)CC3)c2)n1.I. The number of anilines is 1. The average molecular weight is 548 g/mol. The number of piperazine rings is 1. The maximum absolute atomic E-state index is 5.42. The lowest BCUT2D eigenvalue weighted by Crippen LogP contribution is -2.52. The zero-order valence-electron chi connectivity index (χ0n) is 18.4. The number of aryl methyl sites for hydroxylation is 1. The van der Waals surface area contributed by atoms with Crippen LogP contribution in [0.15, 0.2) is 52.2 Å². The lowest BCUT2D eigenvalue weighted by Gasteiger charge is -2.36. The number of nitrogens with one attached hydrogen (secondary N) is 1. The summed E-state index contributed by atoms with van der Waals surface area (Å²) in [6.45, 7) is 6.21. The number of halogens is 1. The molecule has 1 aliphatic heterocycles. The third-order valence-corrected chi connectivity index (χ3v) is 5.19. The van der Waals surface area contributed by atoms with Crippen molar-refractivity contribution >= 4 is 35.9 Å². The van der Waals surface area contributed by atoms with Gasteiger partial charge in [-0.15, -0.1) is 24.0 Å². The largest absolute Gasteiger partial charge is 0.352 e. The first kappa shape index (κ1) is 23.9. The Hall–Kier alpha value is -2.76. The minimum atomic E-state index is 0. The number of hydrogen-bond acceptors (Lipinski definition) is 7. The zero-order chi connectivity index (χ0) is 21.5. The molecule has 2 aromatic heterocycles. The fourth-order valence-electron chi connectivity index (χ4n) is 3.60. The minimum absolute atomic E-state index is 0. The molecule has 0 atom stereocenters. The van der Waals surface area contributed by atoms with Crippen molar-refractivity contribution in [2.75, 3.05) is 38.1 Å². The van der Waals surface area contributed by atoms with Gasteiger partial charge in [0.05, 0.1) is 0 Å². The molecule has 9 nitrogen and oxygen atoms in total. The number of aromatic nitrogens is 4. The highest BCUT2D eigenvalue weighted by Gasteiger charge is 2.21. The van der Waals surface area contributed by atoms with Gasteiger partial charge in [0.15, 0.2) is 11.8 Å². The van der Waals surface area contributed by atoms with Gasteiger partial charge in [0, 0.05) is 64.1 Å². The van der Waals surface area contributed by atoms with Crippen LogP contribution >= 0.6 is 24.0 Å². The molecule has 32 heavy (non-hydrogen) atoms. The van der Waals surface area contributed by atoms with Crippen molar-refractivity contribution in [3.63, 3.8) is 0 Å². The third kappa shape index (κ3) is 5.93. The Morgan fingerprint density at radius 1 is 1.12 bits per heavy atom.